The molecule has 6 nitrogen and oxygen atoms in total. The molecule has 1 aliphatic heterocycles. The Morgan fingerprint density at radius 2 is 2.21 bits per heavy atom. The fraction of sp³-hybridized carbons (Fsp3) is 0.267. The first kappa shape index (κ1) is 17.0. The highest BCUT2D eigenvalue weighted by molar-refractivity contribution is 7.91. The molecule has 0 saturated carbocycles. The minimum atomic E-state index is -4.00. The van der Waals surface area contributed by atoms with Crippen molar-refractivity contribution in [3.63, 3.8) is 0 Å². The Labute approximate surface area is 142 Å². The lowest BCUT2D eigenvalue weighted by Crippen LogP contribution is -2.25. The predicted octanol–water partition coefficient (Wildman–Crippen LogP) is 1.71. The van der Waals surface area contributed by atoms with Crippen molar-refractivity contribution in [1.29, 1.82) is 0 Å². The molecule has 0 bridgehead atoms. The average Bonchev–Trinajstić information content (AvgIpc) is 2.94. The normalized spacial score (nSPS) is 14.4. The first-order chi connectivity index (χ1) is 11.4. The van der Waals surface area contributed by atoms with E-state index < -0.39 is 21.8 Å². The summed E-state index contributed by atoms with van der Waals surface area (Å²) < 4.78 is 40.4. The zero-order chi connectivity index (χ0) is 17.3. The van der Waals surface area contributed by atoms with Crippen LogP contribution in [0.15, 0.2) is 28.5 Å². The number of hydrogen-bond acceptors (Lipinski definition) is 5. The number of sulfonamides is 1. The van der Waals surface area contributed by atoms with Crippen LogP contribution in [0.1, 0.15) is 26.4 Å². The molecule has 0 aliphatic carbocycles. The van der Waals surface area contributed by atoms with Gasteiger partial charge in [-0.2, -0.15) is 0 Å². The van der Waals surface area contributed by atoms with Crippen LogP contribution in [0.25, 0.3) is 0 Å². The number of nitrogens with one attached hydrogen (secondary N) is 2. The van der Waals surface area contributed by atoms with Gasteiger partial charge in [0.05, 0.1) is 5.56 Å². The van der Waals surface area contributed by atoms with E-state index in [1.165, 1.54) is 18.2 Å². The highest BCUT2D eigenvalue weighted by Crippen LogP contribution is 2.34. The van der Waals surface area contributed by atoms with Crippen LogP contribution in [0.2, 0.25) is 0 Å². The Hall–Kier alpha value is -1.81. The van der Waals surface area contributed by atoms with Gasteiger partial charge in [-0.3, -0.25) is 0 Å². The summed E-state index contributed by atoms with van der Waals surface area (Å²) in [5.41, 5.74) is 0.888. The van der Waals surface area contributed by atoms with Gasteiger partial charge in [-0.05, 0) is 36.2 Å². The quantitative estimate of drug-likeness (QED) is 0.745. The van der Waals surface area contributed by atoms with Crippen LogP contribution in [0.3, 0.4) is 0 Å². The number of benzene rings is 1. The van der Waals surface area contributed by atoms with Crippen LogP contribution in [0.5, 0.6) is 0 Å². The molecule has 0 radical (unpaired) electrons. The number of halogens is 1. The van der Waals surface area contributed by atoms with Crippen LogP contribution in [-0.4, -0.2) is 26.0 Å². The van der Waals surface area contributed by atoms with Crippen LogP contribution in [-0.2, 0) is 29.5 Å². The van der Waals surface area contributed by atoms with E-state index in [1.54, 1.807) is 6.07 Å². The van der Waals surface area contributed by atoms with Crippen LogP contribution >= 0.6 is 11.3 Å². The van der Waals surface area contributed by atoms with E-state index in [0.29, 0.717) is 30.6 Å². The Kier molecular flexibility index (Phi) is 4.68. The lowest BCUT2D eigenvalue weighted by Gasteiger charge is -2.12. The molecule has 0 unspecified atom stereocenters. The lowest BCUT2D eigenvalue weighted by atomic mass is 10.1. The number of hydrogen-bond donors (Lipinski definition) is 3. The average molecular weight is 370 g/mol. The van der Waals surface area contributed by atoms with Gasteiger partial charge in [0.15, 0.2) is 0 Å². The molecule has 24 heavy (non-hydrogen) atoms. The number of carboxylic acid groups (broad SMARTS) is 1. The van der Waals surface area contributed by atoms with E-state index in [4.69, 9.17) is 0 Å². The van der Waals surface area contributed by atoms with Crippen molar-refractivity contribution in [2.75, 3.05) is 6.54 Å². The number of carbonyl (C=O) groups is 1. The molecule has 128 valence electrons. The Balaban J connectivity index is 1.92. The van der Waals surface area contributed by atoms with Crippen LogP contribution in [0.4, 0.5) is 4.39 Å². The smallest absolute Gasteiger partial charge is 0.338 e. The summed E-state index contributed by atoms with van der Waals surface area (Å²) in [5.74, 6) is -1.71. The minimum Gasteiger partial charge on any atom is -0.478 e. The molecule has 2 heterocycles. The standard InChI is InChI=1S/C15H15FN2O4S2/c16-10-3-1-2-9(6-10)7-18-24(21,22)15-13(14(19)20)11-4-5-17-8-12(11)23-15/h1-3,6,17-18H,4-5,7-8H2,(H,19,20). The molecule has 0 fully saturated rings. The van der Waals surface area contributed by atoms with E-state index in [2.05, 4.69) is 10.0 Å². The first-order valence-electron chi connectivity index (χ1n) is 7.21. The maximum Gasteiger partial charge on any atom is 0.338 e. The maximum absolute atomic E-state index is 13.2. The molecule has 0 saturated heterocycles. The Morgan fingerprint density at radius 3 is 2.92 bits per heavy atom. The van der Waals surface area contributed by atoms with Gasteiger partial charge in [0.1, 0.15) is 10.0 Å². The molecule has 2 aromatic rings. The van der Waals surface area contributed by atoms with Gasteiger partial charge in [0.25, 0.3) is 10.0 Å². The fourth-order valence-electron chi connectivity index (χ4n) is 2.61. The number of rotatable bonds is 5. The van der Waals surface area contributed by atoms with E-state index in [-0.39, 0.29) is 16.3 Å². The van der Waals surface area contributed by atoms with Gasteiger partial charge >= 0.3 is 5.97 Å². The Bertz CT molecular complexity index is 893. The molecular formula is C15H15FN2O4S2. The van der Waals surface area contributed by atoms with Crippen LogP contribution in [0, 0.1) is 5.82 Å². The summed E-state index contributed by atoms with van der Waals surface area (Å²) in [6.45, 7) is 0.958. The molecule has 9 heteroatoms. The summed E-state index contributed by atoms with van der Waals surface area (Å²) in [6.07, 6.45) is 0.479. The van der Waals surface area contributed by atoms with Gasteiger partial charge in [-0.25, -0.2) is 22.3 Å². The van der Waals surface area contributed by atoms with Gasteiger partial charge in [-0.1, -0.05) is 12.1 Å². The third-order valence-electron chi connectivity index (χ3n) is 3.71. The zero-order valence-electron chi connectivity index (χ0n) is 12.5. The van der Waals surface area contributed by atoms with E-state index in [9.17, 15) is 22.7 Å². The lowest BCUT2D eigenvalue weighted by molar-refractivity contribution is 0.0692. The molecule has 1 aliphatic rings. The van der Waals surface area contributed by atoms with Gasteiger partial charge in [0.2, 0.25) is 0 Å². The summed E-state index contributed by atoms with van der Waals surface area (Å²) in [4.78, 5) is 12.3. The van der Waals surface area contributed by atoms with Crippen LogP contribution < -0.4 is 10.0 Å². The topological polar surface area (TPSA) is 95.5 Å². The SMILES string of the molecule is O=C(O)c1c(S(=O)(=O)NCc2cccc(F)c2)sc2c1CCNC2. The second-order valence-electron chi connectivity index (χ2n) is 5.35. The predicted molar refractivity (Wildman–Crippen MR) is 87.1 cm³/mol. The van der Waals surface area contributed by atoms with Crippen molar-refractivity contribution in [1.82, 2.24) is 10.0 Å². The second-order valence-corrected chi connectivity index (χ2v) is 8.42. The second kappa shape index (κ2) is 6.60. The molecule has 1 aromatic carbocycles. The molecule has 0 atom stereocenters. The molecule has 3 N–H and O–H groups in total. The summed E-state index contributed by atoms with van der Waals surface area (Å²) >= 11 is 0.968. The maximum atomic E-state index is 13.2. The van der Waals surface area contributed by atoms with Crippen molar-refractivity contribution in [3.05, 3.63) is 51.7 Å². The summed E-state index contributed by atoms with van der Waals surface area (Å²) in [5, 5.41) is 12.5. The van der Waals surface area contributed by atoms with Gasteiger partial charge < -0.3 is 10.4 Å². The highest BCUT2D eigenvalue weighted by Gasteiger charge is 2.31. The van der Waals surface area contributed by atoms with E-state index in [1.807, 2.05) is 0 Å². The van der Waals surface area contributed by atoms with Crippen molar-refractivity contribution in [2.24, 2.45) is 0 Å². The Morgan fingerprint density at radius 1 is 1.42 bits per heavy atom. The number of aromatic carboxylic acids is 1. The molecule has 0 amide bonds. The molecular weight excluding hydrogens is 355 g/mol. The summed E-state index contributed by atoms with van der Waals surface area (Å²) in [6, 6.07) is 5.56. The van der Waals surface area contributed by atoms with Crippen molar-refractivity contribution in [2.45, 2.75) is 23.7 Å². The van der Waals surface area contributed by atoms with Crippen molar-refractivity contribution >= 4 is 27.3 Å². The number of fused-ring (bicyclic) bond motifs is 1. The molecule has 0 spiro atoms. The van der Waals surface area contributed by atoms with Crippen molar-refractivity contribution < 1.29 is 22.7 Å². The third-order valence-corrected chi connectivity index (χ3v) is 6.86. The van der Waals surface area contributed by atoms with E-state index >= 15 is 0 Å². The molecule has 1 aromatic heterocycles. The number of carboxylic acids is 1. The third kappa shape index (κ3) is 3.34. The van der Waals surface area contributed by atoms with E-state index in [0.717, 1.165) is 16.2 Å². The van der Waals surface area contributed by atoms with Gasteiger partial charge in [0, 0.05) is 18.0 Å². The monoisotopic (exact) mass is 370 g/mol. The minimum absolute atomic E-state index is 0.111. The highest BCUT2D eigenvalue weighted by atomic mass is 32.2. The molecule has 3 rings (SSSR count). The number of thiophene rings is 1. The van der Waals surface area contributed by atoms with Crippen molar-refractivity contribution in [3.8, 4) is 0 Å². The fourth-order valence-corrected chi connectivity index (χ4v) is 5.53. The first-order valence-corrected chi connectivity index (χ1v) is 9.51. The summed E-state index contributed by atoms with van der Waals surface area (Å²) in [7, 11) is -4.00. The van der Waals surface area contributed by atoms with Gasteiger partial charge in [-0.15, -0.1) is 11.3 Å². The zero-order valence-corrected chi connectivity index (χ0v) is 14.1. The largest absolute Gasteiger partial charge is 0.478 e.